The summed E-state index contributed by atoms with van der Waals surface area (Å²) >= 11 is 0. The Morgan fingerprint density at radius 1 is 1.21 bits per heavy atom. The van der Waals surface area contributed by atoms with E-state index >= 15 is 0 Å². The van der Waals surface area contributed by atoms with Crippen LogP contribution in [0.2, 0.25) is 0 Å². The van der Waals surface area contributed by atoms with Crippen LogP contribution in [0.4, 0.5) is 0 Å². The first-order valence-electron chi connectivity index (χ1n) is 5.71. The summed E-state index contributed by atoms with van der Waals surface area (Å²) in [6, 6.07) is 0. The van der Waals surface area contributed by atoms with E-state index < -0.39 is 0 Å². The molecule has 0 N–H and O–H groups in total. The number of likely N-dealkylation sites (tertiary alicyclic amines) is 2. The topological polar surface area (TPSA) is 15.7 Å². The van der Waals surface area contributed by atoms with Gasteiger partial charge in [-0.05, 0) is 38.9 Å². The molecule has 0 amide bonds. The van der Waals surface area contributed by atoms with Crippen LogP contribution in [0.3, 0.4) is 0 Å². The lowest BCUT2D eigenvalue weighted by atomic mass is 9.95. The number of nitrogens with zero attached hydrogens (tertiary/aromatic N) is 2. The van der Waals surface area contributed by atoms with Gasteiger partial charge in [-0.3, -0.25) is 4.90 Å². The Hall–Kier alpha value is -0.120. The fraction of sp³-hybridized carbons (Fsp3) is 1.00. The van der Waals surface area contributed by atoms with Gasteiger partial charge in [0.05, 0.1) is 6.10 Å². The third-order valence-corrected chi connectivity index (χ3v) is 3.61. The van der Waals surface area contributed by atoms with Crippen LogP contribution in [-0.4, -0.2) is 62.8 Å². The summed E-state index contributed by atoms with van der Waals surface area (Å²) in [5.74, 6) is 0.934. The van der Waals surface area contributed by atoms with Crippen LogP contribution in [0, 0.1) is 5.92 Å². The summed E-state index contributed by atoms with van der Waals surface area (Å²) in [5.41, 5.74) is 0. The number of ether oxygens (including phenoxy) is 1. The highest BCUT2D eigenvalue weighted by molar-refractivity contribution is 4.83. The second kappa shape index (κ2) is 4.60. The van der Waals surface area contributed by atoms with Crippen molar-refractivity contribution in [2.45, 2.75) is 18.9 Å². The van der Waals surface area contributed by atoms with Crippen molar-refractivity contribution in [2.24, 2.45) is 5.92 Å². The van der Waals surface area contributed by atoms with Crippen molar-refractivity contribution in [1.82, 2.24) is 9.80 Å². The Balaban J connectivity index is 1.62. The van der Waals surface area contributed by atoms with Gasteiger partial charge in [-0.2, -0.15) is 0 Å². The third-order valence-electron chi connectivity index (χ3n) is 3.61. The van der Waals surface area contributed by atoms with Crippen molar-refractivity contribution in [3.8, 4) is 0 Å². The van der Waals surface area contributed by atoms with Crippen molar-refractivity contribution in [3.63, 3.8) is 0 Å². The minimum absolute atomic E-state index is 0.515. The Kier molecular flexibility index (Phi) is 3.42. The molecule has 14 heavy (non-hydrogen) atoms. The van der Waals surface area contributed by atoms with Gasteiger partial charge in [0.2, 0.25) is 0 Å². The molecule has 3 heteroatoms. The summed E-state index contributed by atoms with van der Waals surface area (Å²) < 4.78 is 5.27. The molecule has 2 rings (SSSR count). The standard InChI is InChI=1S/C11H22N2O/c1-12-5-3-10(4-6-12)7-13-8-11(9-13)14-2/h10-11H,3-9H2,1-2H3. The molecule has 2 aliphatic heterocycles. The molecule has 0 spiro atoms. The molecular weight excluding hydrogens is 176 g/mol. The summed E-state index contributed by atoms with van der Waals surface area (Å²) in [5, 5.41) is 0. The Morgan fingerprint density at radius 3 is 2.43 bits per heavy atom. The normalized spacial score (nSPS) is 27.9. The van der Waals surface area contributed by atoms with E-state index in [-0.39, 0.29) is 0 Å². The highest BCUT2D eigenvalue weighted by atomic mass is 16.5. The zero-order valence-corrected chi connectivity index (χ0v) is 9.41. The van der Waals surface area contributed by atoms with E-state index in [0.717, 1.165) is 19.0 Å². The fourth-order valence-corrected chi connectivity index (χ4v) is 2.43. The summed E-state index contributed by atoms with van der Waals surface area (Å²) in [6.07, 6.45) is 3.27. The van der Waals surface area contributed by atoms with E-state index in [2.05, 4.69) is 16.8 Å². The van der Waals surface area contributed by atoms with Crippen LogP contribution in [0.25, 0.3) is 0 Å². The molecule has 0 atom stereocenters. The van der Waals surface area contributed by atoms with Gasteiger partial charge in [-0.25, -0.2) is 0 Å². The van der Waals surface area contributed by atoms with E-state index in [1.807, 2.05) is 7.11 Å². The molecule has 0 aliphatic carbocycles. The zero-order chi connectivity index (χ0) is 9.97. The molecule has 0 aromatic rings. The van der Waals surface area contributed by atoms with Crippen LogP contribution >= 0.6 is 0 Å². The monoisotopic (exact) mass is 198 g/mol. The predicted molar refractivity (Wildman–Crippen MR) is 57.5 cm³/mol. The predicted octanol–water partition coefficient (Wildman–Crippen LogP) is 0.659. The molecule has 0 unspecified atom stereocenters. The first-order chi connectivity index (χ1) is 6.78. The van der Waals surface area contributed by atoms with Gasteiger partial charge >= 0.3 is 0 Å². The average molecular weight is 198 g/mol. The lowest BCUT2D eigenvalue weighted by Crippen LogP contribution is -2.53. The molecule has 2 saturated heterocycles. The number of methoxy groups -OCH3 is 1. The third kappa shape index (κ3) is 2.47. The van der Waals surface area contributed by atoms with Crippen molar-refractivity contribution in [2.75, 3.05) is 46.9 Å². The van der Waals surface area contributed by atoms with Gasteiger partial charge in [0.1, 0.15) is 0 Å². The molecule has 0 saturated carbocycles. The van der Waals surface area contributed by atoms with Gasteiger partial charge in [-0.1, -0.05) is 0 Å². The molecule has 3 nitrogen and oxygen atoms in total. The Bertz CT molecular complexity index is 172. The quantitative estimate of drug-likeness (QED) is 0.662. The van der Waals surface area contributed by atoms with Gasteiger partial charge < -0.3 is 9.64 Å². The van der Waals surface area contributed by atoms with E-state index in [4.69, 9.17) is 4.74 Å². The number of rotatable bonds is 3. The zero-order valence-electron chi connectivity index (χ0n) is 9.41. The molecule has 2 aliphatic rings. The maximum atomic E-state index is 5.27. The van der Waals surface area contributed by atoms with Gasteiger partial charge in [0.15, 0.2) is 0 Å². The number of piperidine rings is 1. The van der Waals surface area contributed by atoms with Gasteiger partial charge in [0.25, 0.3) is 0 Å². The van der Waals surface area contributed by atoms with Crippen molar-refractivity contribution in [1.29, 1.82) is 0 Å². The highest BCUT2D eigenvalue weighted by Crippen LogP contribution is 2.20. The van der Waals surface area contributed by atoms with Gasteiger partial charge in [-0.15, -0.1) is 0 Å². The van der Waals surface area contributed by atoms with E-state index in [0.29, 0.717) is 6.10 Å². The smallest absolute Gasteiger partial charge is 0.0824 e. The second-order valence-corrected chi connectivity index (χ2v) is 4.82. The SMILES string of the molecule is COC1CN(CC2CCN(C)CC2)C1. The molecule has 2 fully saturated rings. The fourth-order valence-electron chi connectivity index (χ4n) is 2.43. The summed E-state index contributed by atoms with van der Waals surface area (Å²) in [6.45, 7) is 6.18. The molecular formula is C11H22N2O. The summed E-state index contributed by atoms with van der Waals surface area (Å²) in [4.78, 5) is 4.97. The number of hydrogen-bond donors (Lipinski definition) is 0. The molecule has 0 bridgehead atoms. The molecule has 82 valence electrons. The van der Waals surface area contributed by atoms with E-state index in [1.54, 1.807) is 0 Å². The van der Waals surface area contributed by atoms with Crippen molar-refractivity contribution >= 4 is 0 Å². The number of hydrogen-bond acceptors (Lipinski definition) is 3. The molecule has 0 radical (unpaired) electrons. The van der Waals surface area contributed by atoms with Gasteiger partial charge in [0, 0.05) is 26.7 Å². The maximum absolute atomic E-state index is 5.27. The first kappa shape index (κ1) is 10.4. The second-order valence-electron chi connectivity index (χ2n) is 4.82. The highest BCUT2D eigenvalue weighted by Gasteiger charge is 2.29. The minimum atomic E-state index is 0.515. The largest absolute Gasteiger partial charge is 0.379 e. The Labute approximate surface area is 87.0 Å². The lowest BCUT2D eigenvalue weighted by Gasteiger charge is -2.41. The van der Waals surface area contributed by atoms with Crippen LogP contribution in [-0.2, 0) is 4.74 Å². The van der Waals surface area contributed by atoms with Crippen LogP contribution in [0.1, 0.15) is 12.8 Å². The first-order valence-corrected chi connectivity index (χ1v) is 5.71. The lowest BCUT2D eigenvalue weighted by molar-refractivity contribution is -0.0390. The molecule has 0 aromatic heterocycles. The van der Waals surface area contributed by atoms with Crippen molar-refractivity contribution < 1.29 is 4.74 Å². The van der Waals surface area contributed by atoms with Crippen LogP contribution in [0.15, 0.2) is 0 Å². The van der Waals surface area contributed by atoms with Crippen molar-refractivity contribution in [3.05, 3.63) is 0 Å². The van der Waals surface area contributed by atoms with E-state index in [9.17, 15) is 0 Å². The minimum Gasteiger partial charge on any atom is -0.379 e. The average Bonchev–Trinajstić information content (AvgIpc) is 2.13. The molecule has 2 heterocycles. The summed E-state index contributed by atoms with van der Waals surface area (Å²) in [7, 11) is 4.04. The Morgan fingerprint density at radius 2 is 1.86 bits per heavy atom. The molecule has 0 aromatic carbocycles. The maximum Gasteiger partial charge on any atom is 0.0824 e. The van der Waals surface area contributed by atoms with E-state index in [1.165, 1.54) is 32.5 Å². The van der Waals surface area contributed by atoms with Crippen LogP contribution < -0.4 is 0 Å². The van der Waals surface area contributed by atoms with Crippen LogP contribution in [0.5, 0.6) is 0 Å².